The first kappa shape index (κ1) is 73.6. The Morgan fingerprint density at radius 2 is 0.779 bits per heavy atom. The molecule has 11 nitrogen and oxygen atoms in total. The molecule has 9 atom stereocenters. The van der Waals surface area contributed by atoms with Crippen LogP contribution in [0, 0.1) is 0 Å². The second-order valence-corrected chi connectivity index (χ2v) is 23.5. The third kappa shape index (κ3) is 43.0. The maximum absolute atomic E-state index is 13.2. The predicted molar refractivity (Wildman–Crippen MR) is 321 cm³/mol. The molecular formula is C66H127NO10. The maximum atomic E-state index is 13.2. The number of allylic oxidation sites excluding steroid dienone is 4. The van der Waals surface area contributed by atoms with Gasteiger partial charge in [-0.1, -0.05) is 295 Å². The van der Waals surface area contributed by atoms with Crippen LogP contribution in [0.5, 0.6) is 0 Å². The number of carbonyl (C=O) groups is 1. The highest BCUT2D eigenvalue weighted by Crippen LogP contribution is 2.24. The Labute approximate surface area is 474 Å². The minimum Gasteiger partial charge on any atom is -0.394 e. The molecule has 1 rings (SSSR count). The molecule has 0 radical (unpaired) electrons. The van der Waals surface area contributed by atoms with Crippen molar-refractivity contribution in [1.29, 1.82) is 0 Å². The van der Waals surface area contributed by atoms with Crippen LogP contribution >= 0.6 is 0 Å². The molecule has 0 aromatic rings. The number of carbonyl (C=O) groups excluding carboxylic acids is 1. The number of amides is 1. The highest BCUT2D eigenvalue weighted by molar-refractivity contribution is 5.80. The molecule has 77 heavy (non-hydrogen) atoms. The molecular weight excluding hydrogens is 967 g/mol. The summed E-state index contributed by atoms with van der Waals surface area (Å²) in [4.78, 5) is 13.2. The summed E-state index contributed by atoms with van der Waals surface area (Å²) in [6.45, 7) is 3.49. The van der Waals surface area contributed by atoms with Crippen molar-refractivity contribution in [3.05, 3.63) is 24.3 Å². The SMILES string of the molecule is CCCCCCCCCCCCCCCCC/C=C/CC/C=C/CCCC(O)C(O)C(COC1OC(CO)C(O)C(O)C1O)NC(=O)C(O)CCCCCCCCCCCCCCCCCCCCCCCCCCCC. The van der Waals surface area contributed by atoms with Crippen molar-refractivity contribution in [3.63, 3.8) is 0 Å². The molecule has 1 aliphatic rings. The summed E-state index contributed by atoms with van der Waals surface area (Å²) >= 11 is 0. The molecule has 1 amide bonds. The number of hydrogen-bond donors (Lipinski definition) is 8. The minimum atomic E-state index is -1.67. The van der Waals surface area contributed by atoms with Crippen LogP contribution < -0.4 is 5.32 Å². The molecule has 11 heteroatoms. The normalized spacial score (nSPS) is 19.6. The van der Waals surface area contributed by atoms with Crippen LogP contribution in [0.4, 0.5) is 0 Å². The summed E-state index contributed by atoms with van der Waals surface area (Å²) in [5.74, 6) is -0.704. The second-order valence-electron chi connectivity index (χ2n) is 23.5. The van der Waals surface area contributed by atoms with E-state index in [1.165, 1.54) is 238 Å². The van der Waals surface area contributed by atoms with Gasteiger partial charge in [-0.25, -0.2) is 0 Å². The van der Waals surface area contributed by atoms with Gasteiger partial charge < -0.3 is 50.5 Å². The van der Waals surface area contributed by atoms with Gasteiger partial charge in [0, 0.05) is 0 Å². The third-order valence-corrected chi connectivity index (χ3v) is 16.2. The van der Waals surface area contributed by atoms with Crippen molar-refractivity contribution < 1.29 is 50.0 Å². The molecule has 1 saturated heterocycles. The predicted octanol–water partition coefficient (Wildman–Crippen LogP) is 15.2. The quantitative estimate of drug-likeness (QED) is 0.0215. The van der Waals surface area contributed by atoms with Gasteiger partial charge in [-0.2, -0.15) is 0 Å². The fraction of sp³-hybridized carbons (Fsp3) is 0.924. The highest BCUT2D eigenvalue weighted by atomic mass is 16.7. The van der Waals surface area contributed by atoms with Gasteiger partial charge in [-0.3, -0.25) is 4.79 Å². The van der Waals surface area contributed by atoms with Crippen molar-refractivity contribution in [2.24, 2.45) is 0 Å². The molecule has 0 aromatic carbocycles. The summed E-state index contributed by atoms with van der Waals surface area (Å²) in [7, 11) is 0. The molecule has 0 saturated carbocycles. The van der Waals surface area contributed by atoms with E-state index in [0.29, 0.717) is 19.3 Å². The molecule has 1 heterocycles. The molecule has 0 aliphatic carbocycles. The zero-order valence-electron chi connectivity index (χ0n) is 50.2. The smallest absolute Gasteiger partial charge is 0.249 e. The van der Waals surface area contributed by atoms with Gasteiger partial charge in [0.1, 0.15) is 36.6 Å². The Balaban J connectivity index is 2.26. The van der Waals surface area contributed by atoms with E-state index >= 15 is 0 Å². The van der Waals surface area contributed by atoms with Crippen molar-refractivity contribution >= 4 is 5.91 Å². The maximum Gasteiger partial charge on any atom is 0.249 e. The topological polar surface area (TPSA) is 189 Å². The summed E-state index contributed by atoms with van der Waals surface area (Å²) in [5, 5.41) is 76.4. The van der Waals surface area contributed by atoms with Crippen molar-refractivity contribution in [2.75, 3.05) is 13.2 Å². The molecule has 8 N–H and O–H groups in total. The molecule has 1 aliphatic heterocycles. The van der Waals surface area contributed by atoms with Crippen LogP contribution in [0.15, 0.2) is 24.3 Å². The number of rotatable bonds is 58. The van der Waals surface area contributed by atoms with Crippen molar-refractivity contribution in [3.8, 4) is 0 Å². The Hall–Kier alpha value is -1.41. The van der Waals surface area contributed by atoms with Crippen LogP contribution in [0.25, 0.3) is 0 Å². The number of aliphatic hydroxyl groups is 7. The first-order valence-electron chi connectivity index (χ1n) is 33.2. The minimum absolute atomic E-state index is 0.249. The Bertz CT molecular complexity index is 1300. The lowest BCUT2D eigenvalue weighted by molar-refractivity contribution is -0.303. The molecule has 9 unspecified atom stereocenters. The highest BCUT2D eigenvalue weighted by Gasteiger charge is 2.44. The fourth-order valence-electron chi connectivity index (χ4n) is 10.9. The van der Waals surface area contributed by atoms with Gasteiger partial charge in [-0.15, -0.1) is 0 Å². The number of hydrogen-bond acceptors (Lipinski definition) is 10. The molecule has 0 spiro atoms. The van der Waals surface area contributed by atoms with Gasteiger partial charge in [0.2, 0.25) is 5.91 Å². The number of ether oxygens (including phenoxy) is 2. The van der Waals surface area contributed by atoms with E-state index in [4.69, 9.17) is 9.47 Å². The van der Waals surface area contributed by atoms with Gasteiger partial charge >= 0.3 is 0 Å². The molecule has 1 fully saturated rings. The monoisotopic (exact) mass is 1090 g/mol. The Morgan fingerprint density at radius 1 is 0.442 bits per heavy atom. The van der Waals surface area contributed by atoms with E-state index in [9.17, 15) is 40.5 Å². The van der Waals surface area contributed by atoms with Crippen LogP contribution in [0.2, 0.25) is 0 Å². The van der Waals surface area contributed by atoms with Crippen LogP contribution in [-0.2, 0) is 14.3 Å². The van der Waals surface area contributed by atoms with Crippen LogP contribution in [-0.4, -0.2) is 110 Å². The Morgan fingerprint density at radius 3 is 1.16 bits per heavy atom. The average Bonchev–Trinajstić information content (AvgIpc) is 3.43. The lowest BCUT2D eigenvalue weighted by atomic mass is 9.98. The van der Waals surface area contributed by atoms with Gasteiger partial charge in [-0.05, 0) is 51.4 Å². The lowest BCUT2D eigenvalue weighted by Gasteiger charge is -2.40. The van der Waals surface area contributed by atoms with Crippen LogP contribution in [0.3, 0.4) is 0 Å². The first-order chi connectivity index (χ1) is 37.7. The van der Waals surface area contributed by atoms with Crippen LogP contribution in [0.1, 0.15) is 322 Å². The van der Waals surface area contributed by atoms with E-state index in [1.807, 2.05) is 0 Å². The molecule has 0 aromatic heterocycles. The molecule has 0 bridgehead atoms. The number of unbranched alkanes of at least 4 members (excludes halogenated alkanes) is 42. The number of nitrogens with one attached hydrogen (secondary N) is 1. The summed E-state index contributed by atoms with van der Waals surface area (Å²) < 4.78 is 11.2. The zero-order valence-corrected chi connectivity index (χ0v) is 50.2. The first-order valence-corrected chi connectivity index (χ1v) is 33.2. The second kappa shape index (κ2) is 55.1. The van der Waals surface area contributed by atoms with E-state index in [0.717, 1.165) is 38.5 Å². The largest absolute Gasteiger partial charge is 0.394 e. The zero-order chi connectivity index (χ0) is 56.1. The summed E-state index contributed by atoms with van der Waals surface area (Å²) in [5.41, 5.74) is 0. The van der Waals surface area contributed by atoms with E-state index < -0.39 is 74.2 Å². The van der Waals surface area contributed by atoms with E-state index in [2.05, 4.69) is 43.5 Å². The van der Waals surface area contributed by atoms with Crippen molar-refractivity contribution in [1.82, 2.24) is 5.32 Å². The van der Waals surface area contributed by atoms with Gasteiger partial charge in [0.05, 0.1) is 25.4 Å². The lowest BCUT2D eigenvalue weighted by Crippen LogP contribution is -2.60. The van der Waals surface area contributed by atoms with E-state index in [1.54, 1.807) is 0 Å². The van der Waals surface area contributed by atoms with Gasteiger partial charge in [0.25, 0.3) is 0 Å². The number of aliphatic hydroxyl groups excluding tert-OH is 7. The van der Waals surface area contributed by atoms with Gasteiger partial charge in [0.15, 0.2) is 6.29 Å². The fourth-order valence-corrected chi connectivity index (χ4v) is 10.9. The standard InChI is InChI=1S/C66H127NO10/c1-3-5-7-9-11-13-15-17-19-21-23-25-27-29-30-32-34-36-38-40-42-44-46-48-50-52-54-59(70)65(75)67-57(56-76-66-64(74)63(73)62(72)60(55-68)77-66)61(71)58(69)53-51-49-47-45-43-41-39-37-35-33-31-28-26-24-22-20-18-16-14-12-10-8-6-4-2/h37,39,45,47,57-64,66,68-74H,3-36,38,40-44,46,48-56H2,1-2H3,(H,67,75)/b39-37+,47-45+. The third-order valence-electron chi connectivity index (χ3n) is 16.2. The summed E-state index contributed by atoms with van der Waals surface area (Å²) in [6, 6.07) is -1.19. The van der Waals surface area contributed by atoms with E-state index in [-0.39, 0.29) is 12.8 Å². The molecule has 456 valence electrons. The Kier molecular flexibility index (Phi) is 52.7. The summed E-state index contributed by atoms with van der Waals surface area (Å²) in [6.07, 6.45) is 56.8. The average molecular weight is 1090 g/mol. The van der Waals surface area contributed by atoms with Crippen molar-refractivity contribution in [2.45, 2.75) is 377 Å².